The van der Waals surface area contributed by atoms with Crippen molar-refractivity contribution in [3.05, 3.63) is 69.7 Å². The molecule has 2 aromatic carbocycles. The van der Waals surface area contributed by atoms with E-state index < -0.39 is 35.7 Å². The fourth-order valence-electron chi connectivity index (χ4n) is 4.44. The van der Waals surface area contributed by atoms with E-state index in [0.717, 1.165) is 37.0 Å². The van der Waals surface area contributed by atoms with E-state index in [1.807, 2.05) is 30.3 Å². The first-order valence-corrected chi connectivity index (χ1v) is 11.2. The van der Waals surface area contributed by atoms with Gasteiger partial charge in [-0.1, -0.05) is 78.0 Å². The molecule has 1 unspecified atom stereocenters. The number of alkyl halides is 3. The molecule has 0 saturated heterocycles. The minimum atomic E-state index is -4.87. The van der Waals surface area contributed by atoms with Gasteiger partial charge in [0.25, 0.3) is 5.60 Å². The highest BCUT2D eigenvalue weighted by molar-refractivity contribution is 6.34. The SMILES string of the molecule is O=C(NC1(c2ccccc2)CCCCC1)OC1=NOC(c2cc(Cl)cc(Cl)c2)(C(F)(F)F)C1. The van der Waals surface area contributed by atoms with Gasteiger partial charge in [-0.3, -0.25) is 0 Å². The lowest BCUT2D eigenvalue weighted by molar-refractivity contribution is -0.275. The van der Waals surface area contributed by atoms with Crippen LogP contribution in [-0.2, 0) is 20.7 Å². The lowest BCUT2D eigenvalue weighted by Crippen LogP contribution is -2.48. The van der Waals surface area contributed by atoms with E-state index in [-0.39, 0.29) is 15.6 Å². The van der Waals surface area contributed by atoms with E-state index in [9.17, 15) is 18.0 Å². The monoisotopic (exact) mass is 500 g/mol. The Kier molecular flexibility index (Phi) is 6.51. The summed E-state index contributed by atoms with van der Waals surface area (Å²) in [7, 11) is 0. The van der Waals surface area contributed by atoms with E-state index in [0.29, 0.717) is 12.8 Å². The van der Waals surface area contributed by atoms with Crippen molar-refractivity contribution in [2.45, 2.75) is 55.8 Å². The predicted octanol–water partition coefficient (Wildman–Crippen LogP) is 7.07. The van der Waals surface area contributed by atoms with E-state index in [2.05, 4.69) is 10.5 Å². The molecule has 1 amide bonds. The third kappa shape index (κ3) is 4.77. The molecule has 1 saturated carbocycles. The Morgan fingerprint density at radius 1 is 1.00 bits per heavy atom. The van der Waals surface area contributed by atoms with E-state index in [1.54, 1.807) is 0 Å². The Morgan fingerprint density at radius 3 is 2.24 bits per heavy atom. The van der Waals surface area contributed by atoms with Crippen molar-refractivity contribution in [2.75, 3.05) is 0 Å². The van der Waals surface area contributed by atoms with Crippen LogP contribution in [0.3, 0.4) is 0 Å². The number of hydrogen-bond donors (Lipinski definition) is 1. The quantitative estimate of drug-likeness (QED) is 0.490. The maximum Gasteiger partial charge on any atom is 0.435 e. The normalized spacial score (nSPS) is 22.3. The number of benzene rings is 2. The standard InChI is InChI=1S/C23H21Cl2F3N2O3/c24-17-11-16(12-18(25)13-17)22(23(26,27)28)14-19(30-33-22)32-20(31)29-21(9-5-2-6-10-21)15-7-3-1-4-8-15/h1,3-4,7-8,11-13H,2,5-6,9-10,14H2,(H,29,31). The van der Waals surface area contributed by atoms with Crippen LogP contribution in [0.5, 0.6) is 0 Å². The van der Waals surface area contributed by atoms with Gasteiger partial charge in [0.15, 0.2) is 0 Å². The third-order valence-corrected chi connectivity index (χ3v) is 6.51. The van der Waals surface area contributed by atoms with Crippen LogP contribution >= 0.6 is 23.2 Å². The first-order valence-electron chi connectivity index (χ1n) is 10.5. The molecule has 5 nitrogen and oxygen atoms in total. The Hall–Kier alpha value is -2.45. The number of rotatable bonds is 3. The molecule has 1 heterocycles. The van der Waals surface area contributed by atoms with Crippen molar-refractivity contribution in [2.24, 2.45) is 5.16 Å². The summed E-state index contributed by atoms with van der Waals surface area (Å²) in [5, 5.41) is 6.35. The summed E-state index contributed by atoms with van der Waals surface area (Å²) in [5.74, 6) is -0.486. The zero-order valence-electron chi connectivity index (χ0n) is 17.4. The number of oxime groups is 1. The largest absolute Gasteiger partial charge is 0.435 e. The first-order chi connectivity index (χ1) is 15.6. The van der Waals surface area contributed by atoms with Crippen LogP contribution in [0.2, 0.25) is 10.0 Å². The van der Waals surface area contributed by atoms with Crippen molar-refractivity contribution in [1.82, 2.24) is 5.32 Å². The van der Waals surface area contributed by atoms with Gasteiger partial charge in [-0.15, -0.1) is 0 Å². The number of halogens is 5. The van der Waals surface area contributed by atoms with Gasteiger partial charge in [-0.25, -0.2) is 4.79 Å². The molecule has 1 atom stereocenters. The van der Waals surface area contributed by atoms with Crippen molar-refractivity contribution in [1.29, 1.82) is 0 Å². The van der Waals surface area contributed by atoms with Crippen LogP contribution in [0, 0.1) is 0 Å². The van der Waals surface area contributed by atoms with Gasteiger partial charge in [-0.05, 0) is 36.6 Å². The molecule has 4 rings (SSSR count). The molecule has 0 bridgehead atoms. The number of nitrogens with one attached hydrogen (secondary N) is 1. The number of amides is 1. The van der Waals surface area contributed by atoms with Crippen molar-refractivity contribution < 1.29 is 27.5 Å². The minimum absolute atomic E-state index is 0.0129. The molecular weight excluding hydrogens is 480 g/mol. The second kappa shape index (κ2) is 9.06. The average molecular weight is 501 g/mol. The number of nitrogens with zero attached hydrogens (tertiary/aromatic N) is 1. The summed E-state index contributed by atoms with van der Waals surface area (Å²) >= 11 is 11.8. The molecule has 1 fully saturated rings. The molecule has 176 valence electrons. The molecule has 10 heteroatoms. The molecule has 0 radical (unpaired) electrons. The lowest BCUT2D eigenvalue weighted by atomic mass is 9.77. The van der Waals surface area contributed by atoms with E-state index >= 15 is 0 Å². The summed E-state index contributed by atoms with van der Waals surface area (Å²) in [5.41, 5.74) is -2.93. The zero-order valence-corrected chi connectivity index (χ0v) is 18.9. The van der Waals surface area contributed by atoms with Crippen molar-refractivity contribution in [3.63, 3.8) is 0 Å². The minimum Gasteiger partial charge on any atom is -0.392 e. The van der Waals surface area contributed by atoms with Gasteiger partial charge in [-0.2, -0.15) is 13.2 Å². The molecule has 1 aliphatic heterocycles. The molecular formula is C23H21Cl2F3N2O3. The molecule has 1 aliphatic carbocycles. The topological polar surface area (TPSA) is 59.9 Å². The highest BCUT2D eigenvalue weighted by Gasteiger charge is 2.63. The number of carbonyl (C=O) groups excluding carboxylic acids is 1. The lowest BCUT2D eigenvalue weighted by Gasteiger charge is -2.38. The van der Waals surface area contributed by atoms with Gasteiger partial charge in [0.1, 0.15) is 0 Å². The Balaban J connectivity index is 1.53. The molecule has 33 heavy (non-hydrogen) atoms. The summed E-state index contributed by atoms with van der Waals surface area (Å²) in [6, 6.07) is 13.0. The third-order valence-electron chi connectivity index (χ3n) is 6.08. The summed E-state index contributed by atoms with van der Waals surface area (Å²) in [4.78, 5) is 17.6. The van der Waals surface area contributed by atoms with Gasteiger partial charge < -0.3 is 14.9 Å². The Labute approximate surface area is 198 Å². The first kappa shape index (κ1) is 23.7. The number of alkyl carbamates (subject to hydrolysis) is 1. The van der Waals surface area contributed by atoms with Crippen LogP contribution in [0.15, 0.2) is 53.7 Å². The fraction of sp³-hybridized carbons (Fsp3) is 0.391. The average Bonchev–Trinajstić information content (AvgIpc) is 3.19. The highest BCUT2D eigenvalue weighted by atomic mass is 35.5. The van der Waals surface area contributed by atoms with Gasteiger partial charge >= 0.3 is 12.3 Å². The summed E-state index contributed by atoms with van der Waals surface area (Å²) in [6.45, 7) is 0. The highest BCUT2D eigenvalue weighted by Crippen LogP contribution is 2.49. The summed E-state index contributed by atoms with van der Waals surface area (Å²) in [6.07, 6.45) is -2.34. The number of hydrogen-bond acceptors (Lipinski definition) is 4. The van der Waals surface area contributed by atoms with Crippen LogP contribution in [0.4, 0.5) is 18.0 Å². The molecule has 0 aromatic heterocycles. The number of carbonyl (C=O) groups is 1. The van der Waals surface area contributed by atoms with Crippen LogP contribution in [0.1, 0.15) is 49.7 Å². The molecule has 2 aliphatic rings. The number of ether oxygens (including phenoxy) is 1. The fourth-order valence-corrected chi connectivity index (χ4v) is 4.97. The zero-order chi connectivity index (χ0) is 23.7. The molecule has 0 spiro atoms. The van der Waals surface area contributed by atoms with Crippen molar-refractivity contribution in [3.8, 4) is 0 Å². The van der Waals surface area contributed by atoms with E-state index in [4.69, 9.17) is 32.8 Å². The van der Waals surface area contributed by atoms with Crippen LogP contribution < -0.4 is 5.32 Å². The maximum absolute atomic E-state index is 14.1. The van der Waals surface area contributed by atoms with Gasteiger partial charge in [0.2, 0.25) is 5.90 Å². The summed E-state index contributed by atoms with van der Waals surface area (Å²) < 4.78 is 47.5. The van der Waals surface area contributed by atoms with Crippen LogP contribution in [0.25, 0.3) is 0 Å². The molecule has 2 aromatic rings. The second-order valence-electron chi connectivity index (χ2n) is 8.26. The van der Waals surface area contributed by atoms with Crippen molar-refractivity contribution >= 4 is 35.2 Å². The van der Waals surface area contributed by atoms with Crippen LogP contribution in [-0.4, -0.2) is 18.2 Å². The predicted molar refractivity (Wildman–Crippen MR) is 118 cm³/mol. The smallest absolute Gasteiger partial charge is 0.392 e. The van der Waals surface area contributed by atoms with Gasteiger partial charge in [0.05, 0.1) is 12.0 Å². The Morgan fingerprint density at radius 2 is 1.64 bits per heavy atom. The van der Waals surface area contributed by atoms with E-state index in [1.165, 1.54) is 6.07 Å². The molecule has 1 N–H and O–H groups in total. The Bertz CT molecular complexity index is 1040. The maximum atomic E-state index is 14.1. The second-order valence-corrected chi connectivity index (χ2v) is 9.13. The van der Waals surface area contributed by atoms with Gasteiger partial charge in [0, 0.05) is 15.6 Å².